The van der Waals surface area contributed by atoms with E-state index in [2.05, 4.69) is 20.7 Å². The van der Waals surface area contributed by atoms with Gasteiger partial charge in [0.15, 0.2) is 0 Å². The molecule has 124 valence electrons. The smallest absolute Gasteiger partial charge is 0.348 e. The minimum atomic E-state index is -4.67. The lowest BCUT2D eigenvalue weighted by Gasteiger charge is -2.15. The van der Waals surface area contributed by atoms with Crippen molar-refractivity contribution in [2.45, 2.75) is 25.6 Å². The van der Waals surface area contributed by atoms with E-state index in [1.54, 1.807) is 22.6 Å². The number of carbonyl (C=O) groups excluding carboxylic acids is 2. The number of carbonyl (C=O) groups is 2. The Bertz CT molecular complexity index is 683. The van der Waals surface area contributed by atoms with Crippen LogP contribution in [0.3, 0.4) is 0 Å². The number of nitrogens with zero attached hydrogens (tertiary/aromatic N) is 2. The Labute approximate surface area is 132 Å². The van der Waals surface area contributed by atoms with E-state index in [-0.39, 0.29) is 12.3 Å². The van der Waals surface area contributed by atoms with Crippen molar-refractivity contribution in [3.05, 3.63) is 28.2 Å². The van der Waals surface area contributed by atoms with Crippen molar-refractivity contribution in [1.82, 2.24) is 20.5 Å². The second kappa shape index (κ2) is 6.77. The molecule has 2 aromatic heterocycles. The van der Waals surface area contributed by atoms with E-state index in [1.165, 1.54) is 18.3 Å². The number of halogens is 3. The Hall–Kier alpha value is -2.43. The molecule has 3 N–H and O–H groups in total. The number of hydrogen-bond donors (Lipinski definition) is 3. The summed E-state index contributed by atoms with van der Waals surface area (Å²) in [6, 6.07) is 2.93. The average molecular weight is 347 g/mol. The summed E-state index contributed by atoms with van der Waals surface area (Å²) in [6.45, 7) is 1.31. The van der Waals surface area contributed by atoms with Gasteiger partial charge in [-0.2, -0.15) is 18.2 Å². The molecule has 11 heteroatoms. The Morgan fingerprint density at radius 3 is 2.70 bits per heavy atom. The molecular weight excluding hydrogens is 335 g/mol. The van der Waals surface area contributed by atoms with Crippen LogP contribution >= 0.6 is 11.3 Å². The summed E-state index contributed by atoms with van der Waals surface area (Å²) in [7, 11) is 0. The maximum Gasteiger partial charge on any atom is 0.451 e. The van der Waals surface area contributed by atoms with Crippen LogP contribution in [0.5, 0.6) is 0 Å². The number of nitrogens with one attached hydrogen (secondary N) is 3. The number of amides is 2. The number of aromatic amines is 1. The Morgan fingerprint density at radius 1 is 1.43 bits per heavy atom. The van der Waals surface area contributed by atoms with Gasteiger partial charge in [-0.25, -0.2) is 0 Å². The van der Waals surface area contributed by atoms with Crippen LogP contribution in [0.15, 0.2) is 17.5 Å². The van der Waals surface area contributed by atoms with Crippen molar-refractivity contribution in [2.75, 3.05) is 5.32 Å². The minimum Gasteiger partial charge on any atom is -0.348 e. The number of alkyl halides is 3. The molecule has 0 saturated carbocycles. The number of rotatable bonds is 5. The lowest BCUT2D eigenvalue weighted by Crippen LogP contribution is -2.29. The first kappa shape index (κ1) is 16.9. The van der Waals surface area contributed by atoms with Crippen LogP contribution in [-0.2, 0) is 15.8 Å². The zero-order valence-electron chi connectivity index (χ0n) is 11.8. The van der Waals surface area contributed by atoms with E-state index in [0.29, 0.717) is 0 Å². The Morgan fingerprint density at radius 2 is 2.17 bits per heavy atom. The molecule has 0 aliphatic rings. The monoisotopic (exact) mass is 347 g/mol. The predicted molar refractivity (Wildman–Crippen MR) is 75.5 cm³/mol. The number of aromatic nitrogens is 3. The van der Waals surface area contributed by atoms with Crippen molar-refractivity contribution >= 4 is 29.1 Å². The second-order valence-corrected chi connectivity index (χ2v) is 5.51. The van der Waals surface area contributed by atoms with Crippen LogP contribution in [0.2, 0.25) is 0 Å². The Balaban J connectivity index is 2.02. The highest BCUT2D eigenvalue weighted by Crippen LogP contribution is 2.26. The van der Waals surface area contributed by atoms with Crippen molar-refractivity contribution in [1.29, 1.82) is 0 Å². The van der Waals surface area contributed by atoms with Gasteiger partial charge in [-0.15, -0.1) is 16.4 Å². The summed E-state index contributed by atoms with van der Waals surface area (Å²) in [5, 5.41) is 11.5. The standard InChI is InChI=1S/C12H12F3N5O2S/c1-6(21)16-7(8-3-2-4-23-8)5-9(22)17-11-18-10(19-20-11)12(13,14)15/h2-4,7H,5H2,1H3,(H,16,21)(H2,17,18,19,20,22). The number of anilines is 1. The highest BCUT2D eigenvalue weighted by Gasteiger charge is 2.35. The second-order valence-electron chi connectivity index (χ2n) is 4.53. The van der Waals surface area contributed by atoms with E-state index in [4.69, 9.17) is 0 Å². The molecule has 7 nitrogen and oxygen atoms in total. The fourth-order valence-electron chi connectivity index (χ4n) is 1.76. The lowest BCUT2D eigenvalue weighted by molar-refractivity contribution is -0.144. The summed E-state index contributed by atoms with van der Waals surface area (Å²) >= 11 is 1.35. The number of H-pyrrole nitrogens is 1. The van der Waals surface area contributed by atoms with Crippen LogP contribution in [0.25, 0.3) is 0 Å². The van der Waals surface area contributed by atoms with Crippen LogP contribution < -0.4 is 10.6 Å². The van der Waals surface area contributed by atoms with Gasteiger partial charge < -0.3 is 5.32 Å². The minimum absolute atomic E-state index is 0.157. The van der Waals surface area contributed by atoms with E-state index >= 15 is 0 Å². The Kier molecular flexibility index (Phi) is 4.98. The molecular formula is C12H12F3N5O2S. The molecule has 2 rings (SSSR count). The first-order valence-corrected chi connectivity index (χ1v) is 7.23. The third kappa shape index (κ3) is 4.77. The molecule has 23 heavy (non-hydrogen) atoms. The van der Waals surface area contributed by atoms with Crippen molar-refractivity contribution in [2.24, 2.45) is 0 Å². The van der Waals surface area contributed by atoms with E-state index in [1.807, 2.05) is 0 Å². The topological polar surface area (TPSA) is 99.8 Å². The van der Waals surface area contributed by atoms with Crippen LogP contribution in [0, 0.1) is 0 Å². The van der Waals surface area contributed by atoms with E-state index < -0.39 is 29.9 Å². The molecule has 1 unspecified atom stereocenters. The van der Waals surface area contributed by atoms with Gasteiger partial charge in [-0.1, -0.05) is 6.07 Å². The van der Waals surface area contributed by atoms with E-state index in [9.17, 15) is 22.8 Å². The third-order valence-electron chi connectivity index (χ3n) is 2.66. The van der Waals surface area contributed by atoms with Crippen molar-refractivity contribution in [3.63, 3.8) is 0 Å². The summed E-state index contributed by atoms with van der Waals surface area (Å²) in [5.74, 6) is -2.72. The maximum absolute atomic E-state index is 12.4. The highest BCUT2D eigenvalue weighted by molar-refractivity contribution is 7.10. The zero-order valence-corrected chi connectivity index (χ0v) is 12.6. The maximum atomic E-state index is 12.4. The van der Waals surface area contributed by atoms with Crippen LogP contribution in [0.4, 0.5) is 19.1 Å². The van der Waals surface area contributed by atoms with Gasteiger partial charge in [0.2, 0.25) is 23.6 Å². The first-order valence-electron chi connectivity index (χ1n) is 6.35. The summed E-state index contributed by atoms with van der Waals surface area (Å²) < 4.78 is 37.2. The van der Waals surface area contributed by atoms with Gasteiger partial charge in [0.1, 0.15) is 0 Å². The highest BCUT2D eigenvalue weighted by atomic mass is 32.1. The van der Waals surface area contributed by atoms with Crippen molar-refractivity contribution in [3.8, 4) is 0 Å². The quantitative estimate of drug-likeness (QED) is 0.771. The van der Waals surface area contributed by atoms with Crippen LogP contribution in [-0.4, -0.2) is 27.0 Å². The molecule has 0 aliphatic heterocycles. The molecule has 2 amide bonds. The SMILES string of the molecule is CC(=O)NC(CC(=O)Nc1n[nH]c(C(F)(F)F)n1)c1cccs1. The fraction of sp³-hybridized carbons (Fsp3) is 0.333. The molecule has 1 atom stereocenters. The van der Waals surface area contributed by atoms with Gasteiger partial charge >= 0.3 is 6.18 Å². The van der Waals surface area contributed by atoms with E-state index in [0.717, 1.165) is 4.88 Å². The van der Waals surface area contributed by atoms with Crippen LogP contribution in [0.1, 0.15) is 30.1 Å². The largest absolute Gasteiger partial charge is 0.451 e. The summed E-state index contributed by atoms with van der Waals surface area (Å²) in [6.07, 6.45) is -4.83. The summed E-state index contributed by atoms with van der Waals surface area (Å²) in [4.78, 5) is 27.0. The van der Waals surface area contributed by atoms with Gasteiger partial charge in [0.05, 0.1) is 12.5 Å². The molecule has 2 heterocycles. The fourth-order valence-corrected chi connectivity index (χ4v) is 2.54. The first-order chi connectivity index (χ1) is 10.8. The molecule has 0 fully saturated rings. The molecule has 2 aromatic rings. The predicted octanol–water partition coefficient (Wildman–Crippen LogP) is 2.09. The molecule has 0 spiro atoms. The zero-order chi connectivity index (χ0) is 17.0. The molecule has 0 aliphatic carbocycles. The average Bonchev–Trinajstić information content (AvgIpc) is 3.07. The molecule has 0 saturated heterocycles. The molecule has 0 bridgehead atoms. The molecule has 0 radical (unpaired) electrons. The van der Waals surface area contributed by atoms with Gasteiger partial charge in [-0.3, -0.25) is 20.0 Å². The molecule has 0 aromatic carbocycles. The normalized spacial score (nSPS) is 12.7. The summed E-state index contributed by atoms with van der Waals surface area (Å²) in [5.41, 5.74) is 0. The van der Waals surface area contributed by atoms with Gasteiger partial charge in [0, 0.05) is 11.8 Å². The third-order valence-corrected chi connectivity index (χ3v) is 3.64. The number of hydrogen-bond acceptors (Lipinski definition) is 5. The van der Waals surface area contributed by atoms with Gasteiger partial charge in [-0.05, 0) is 11.4 Å². The van der Waals surface area contributed by atoms with Gasteiger partial charge in [0.25, 0.3) is 0 Å². The van der Waals surface area contributed by atoms with Crippen molar-refractivity contribution < 1.29 is 22.8 Å². The number of thiophene rings is 1. The lowest BCUT2D eigenvalue weighted by atomic mass is 10.1.